The van der Waals surface area contributed by atoms with Crippen LogP contribution in [0.25, 0.3) is 0 Å². The van der Waals surface area contributed by atoms with Crippen LogP contribution in [-0.2, 0) is 5.54 Å². The lowest BCUT2D eigenvalue weighted by Crippen LogP contribution is -2.49. The highest BCUT2D eigenvalue weighted by Gasteiger charge is 2.42. The molecule has 21 heavy (non-hydrogen) atoms. The largest absolute Gasteiger partial charge is 0.321 e. The van der Waals surface area contributed by atoms with Crippen LogP contribution in [-0.4, -0.2) is 0 Å². The molecule has 1 aromatic rings. The third-order valence-corrected chi connectivity index (χ3v) is 6.28. The number of rotatable bonds is 2. The first-order chi connectivity index (χ1) is 10.1. The minimum atomic E-state index is -0.0707. The molecule has 2 fully saturated rings. The first-order valence-corrected chi connectivity index (χ1v) is 8.98. The molecule has 2 unspecified atom stereocenters. The van der Waals surface area contributed by atoms with Gasteiger partial charge in [0.15, 0.2) is 0 Å². The SMILES string of the molecule is Cc1ccc(C2(N)CCCCC2C2CCCCC2)cc1C. The summed E-state index contributed by atoms with van der Waals surface area (Å²) in [5, 5.41) is 0. The van der Waals surface area contributed by atoms with Gasteiger partial charge in [0.1, 0.15) is 0 Å². The summed E-state index contributed by atoms with van der Waals surface area (Å²) in [6.45, 7) is 4.42. The Morgan fingerprint density at radius 1 is 0.905 bits per heavy atom. The summed E-state index contributed by atoms with van der Waals surface area (Å²) >= 11 is 0. The van der Waals surface area contributed by atoms with E-state index in [1.165, 1.54) is 74.5 Å². The average molecular weight is 285 g/mol. The highest BCUT2D eigenvalue weighted by Crippen LogP contribution is 2.47. The lowest BCUT2D eigenvalue weighted by atomic mass is 9.62. The molecule has 0 heterocycles. The number of hydrogen-bond donors (Lipinski definition) is 1. The van der Waals surface area contributed by atoms with Crippen LogP contribution in [0.4, 0.5) is 0 Å². The summed E-state index contributed by atoms with van der Waals surface area (Å²) in [5.41, 5.74) is 11.2. The zero-order valence-electron chi connectivity index (χ0n) is 13.8. The minimum Gasteiger partial charge on any atom is -0.321 e. The maximum Gasteiger partial charge on any atom is 0.0440 e. The molecule has 116 valence electrons. The van der Waals surface area contributed by atoms with Crippen molar-refractivity contribution in [2.75, 3.05) is 0 Å². The van der Waals surface area contributed by atoms with Gasteiger partial charge in [0.2, 0.25) is 0 Å². The highest BCUT2D eigenvalue weighted by molar-refractivity contribution is 5.35. The lowest BCUT2D eigenvalue weighted by molar-refractivity contribution is 0.0985. The highest BCUT2D eigenvalue weighted by atomic mass is 14.8. The summed E-state index contributed by atoms with van der Waals surface area (Å²) in [4.78, 5) is 0. The summed E-state index contributed by atoms with van der Waals surface area (Å²) in [5.74, 6) is 1.57. The maximum atomic E-state index is 7.07. The first-order valence-electron chi connectivity index (χ1n) is 8.98. The second-order valence-electron chi connectivity index (χ2n) is 7.59. The van der Waals surface area contributed by atoms with Crippen molar-refractivity contribution in [2.24, 2.45) is 17.6 Å². The zero-order chi connectivity index (χ0) is 14.9. The molecule has 2 atom stereocenters. The fraction of sp³-hybridized carbons (Fsp3) is 0.700. The van der Waals surface area contributed by atoms with Crippen molar-refractivity contribution < 1.29 is 0 Å². The van der Waals surface area contributed by atoms with Crippen molar-refractivity contribution in [3.8, 4) is 0 Å². The summed E-state index contributed by atoms with van der Waals surface area (Å²) in [7, 11) is 0. The van der Waals surface area contributed by atoms with Crippen LogP contribution >= 0.6 is 0 Å². The minimum absolute atomic E-state index is 0.0707. The van der Waals surface area contributed by atoms with E-state index < -0.39 is 0 Å². The summed E-state index contributed by atoms with van der Waals surface area (Å²) < 4.78 is 0. The third kappa shape index (κ3) is 2.90. The molecule has 2 aliphatic rings. The van der Waals surface area contributed by atoms with Crippen LogP contribution in [0.15, 0.2) is 18.2 Å². The molecule has 0 aliphatic heterocycles. The van der Waals surface area contributed by atoms with E-state index in [9.17, 15) is 0 Å². The Labute approximate surface area is 130 Å². The lowest BCUT2D eigenvalue weighted by Gasteiger charge is -2.47. The van der Waals surface area contributed by atoms with E-state index in [1.807, 2.05) is 0 Å². The van der Waals surface area contributed by atoms with E-state index >= 15 is 0 Å². The number of hydrogen-bond acceptors (Lipinski definition) is 1. The molecule has 2 N–H and O–H groups in total. The smallest absolute Gasteiger partial charge is 0.0440 e. The Morgan fingerprint density at radius 3 is 2.33 bits per heavy atom. The molecule has 1 nitrogen and oxygen atoms in total. The van der Waals surface area contributed by atoms with E-state index in [2.05, 4.69) is 32.0 Å². The van der Waals surface area contributed by atoms with Gasteiger partial charge in [-0.05, 0) is 55.2 Å². The van der Waals surface area contributed by atoms with Gasteiger partial charge in [-0.25, -0.2) is 0 Å². The predicted molar refractivity (Wildman–Crippen MR) is 90.3 cm³/mol. The molecular formula is C20H31N. The van der Waals surface area contributed by atoms with E-state index in [0.717, 1.165) is 5.92 Å². The van der Waals surface area contributed by atoms with Crippen molar-refractivity contribution in [3.05, 3.63) is 34.9 Å². The average Bonchev–Trinajstić information content (AvgIpc) is 2.51. The van der Waals surface area contributed by atoms with Crippen molar-refractivity contribution in [1.29, 1.82) is 0 Å². The van der Waals surface area contributed by atoms with Gasteiger partial charge in [-0.15, -0.1) is 0 Å². The van der Waals surface area contributed by atoms with Crippen molar-refractivity contribution in [3.63, 3.8) is 0 Å². The topological polar surface area (TPSA) is 26.0 Å². The summed E-state index contributed by atoms with van der Waals surface area (Å²) in [6.07, 6.45) is 12.3. The molecule has 0 radical (unpaired) electrons. The van der Waals surface area contributed by atoms with E-state index in [4.69, 9.17) is 5.73 Å². The molecule has 2 saturated carbocycles. The van der Waals surface area contributed by atoms with Gasteiger partial charge in [0.05, 0.1) is 0 Å². The fourth-order valence-electron chi connectivity index (χ4n) is 4.81. The molecule has 1 heteroatoms. The molecule has 0 saturated heterocycles. The van der Waals surface area contributed by atoms with Crippen LogP contribution in [0, 0.1) is 25.7 Å². The van der Waals surface area contributed by atoms with Gasteiger partial charge < -0.3 is 5.73 Å². The number of nitrogens with two attached hydrogens (primary N) is 1. The molecular weight excluding hydrogens is 254 g/mol. The van der Waals surface area contributed by atoms with Crippen LogP contribution in [0.3, 0.4) is 0 Å². The molecule has 3 rings (SSSR count). The monoisotopic (exact) mass is 285 g/mol. The maximum absolute atomic E-state index is 7.07. The standard InChI is InChI=1S/C20H31N/c1-15-11-12-18(14-16(15)2)20(21)13-7-6-10-19(20)17-8-4-3-5-9-17/h11-12,14,17,19H,3-10,13,21H2,1-2H3. The van der Waals surface area contributed by atoms with E-state index in [1.54, 1.807) is 0 Å². The van der Waals surface area contributed by atoms with Crippen LogP contribution in [0.5, 0.6) is 0 Å². The Morgan fingerprint density at radius 2 is 1.62 bits per heavy atom. The fourth-order valence-corrected chi connectivity index (χ4v) is 4.81. The van der Waals surface area contributed by atoms with Gasteiger partial charge in [0.25, 0.3) is 0 Å². The van der Waals surface area contributed by atoms with Crippen LogP contribution in [0.1, 0.15) is 74.5 Å². The van der Waals surface area contributed by atoms with Gasteiger partial charge in [0, 0.05) is 5.54 Å². The third-order valence-electron chi connectivity index (χ3n) is 6.28. The van der Waals surface area contributed by atoms with E-state index in [-0.39, 0.29) is 5.54 Å². The number of aryl methyl sites for hydroxylation is 2. The second kappa shape index (κ2) is 6.12. The van der Waals surface area contributed by atoms with Gasteiger partial charge in [-0.2, -0.15) is 0 Å². The van der Waals surface area contributed by atoms with Gasteiger partial charge >= 0.3 is 0 Å². The molecule has 1 aromatic carbocycles. The van der Waals surface area contributed by atoms with Gasteiger partial charge in [-0.3, -0.25) is 0 Å². The predicted octanol–water partition coefficient (Wildman–Crippen LogP) is 5.23. The molecule has 2 aliphatic carbocycles. The van der Waals surface area contributed by atoms with Crippen molar-refractivity contribution in [1.82, 2.24) is 0 Å². The van der Waals surface area contributed by atoms with E-state index in [0.29, 0.717) is 5.92 Å². The second-order valence-corrected chi connectivity index (χ2v) is 7.59. The molecule has 0 amide bonds. The molecule has 0 spiro atoms. The Bertz CT molecular complexity index is 487. The molecule has 0 aromatic heterocycles. The van der Waals surface area contributed by atoms with Crippen molar-refractivity contribution in [2.45, 2.75) is 77.2 Å². The Balaban J connectivity index is 1.91. The zero-order valence-corrected chi connectivity index (χ0v) is 13.8. The quantitative estimate of drug-likeness (QED) is 0.791. The normalized spacial score (nSPS) is 31.3. The van der Waals surface area contributed by atoms with Gasteiger partial charge in [-0.1, -0.05) is 63.1 Å². The number of benzene rings is 1. The van der Waals surface area contributed by atoms with Crippen LogP contribution in [0.2, 0.25) is 0 Å². The van der Waals surface area contributed by atoms with Crippen molar-refractivity contribution >= 4 is 0 Å². The summed E-state index contributed by atoms with van der Waals surface area (Å²) in [6, 6.07) is 6.95. The Hall–Kier alpha value is -0.820. The first kappa shape index (κ1) is 15.1. The molecule has 0 bridgehead atoms. The Kier molecular flexibility index (Phi) is 4.40. The van der Waals surface area contributed by atoms with Crippen LogP contribution < -0.4 is 5.73 Å².